The fourth-order valence-electron chi connectivity index (χ4n) is 1.36. The van der Waals surface area contributed by atoms with E-state index in [9.17, 15) is 4.79 Å². The minimum atomic E-state index is 0.0622. The van der Waals surface area contributed by atoms with Gasteiger partial charge in [0, 0.05) is 11.4 Å². The van der Waals surface area contributed by atoms with E-state index in [1.807, 2.05) is 18.4 Å². The molecule has 0 aliphatic heterocycles. The van der Waals surface area contributed by atoms with Crippen molar-refractivity contribution >= 4 is 33.2 Å². The summed E-state index contributed by atoms with van der Waals surface area (Å²) in [4.78, 5) is 12.9. The number of carbonyl (C=O) groups excluding carboxylic acids is 1. The van der Waals surface area contributed by atoms with Crippen molar-refractivity contribution in [3.63, 3.8) is 0 Å². The molecule has 1 heterocycles. The summed E-state index contributed by atoms with van der Waals surface area (Å²) in [5.41, 5.74) is 1.14. The zero-order valence-electron chi connectivity index (χ0n) is 9.92. The lowest BCUT2D eigenvalue weighted by Crippen LogP contribution is -2.37. The number of thiophene rings is 1. The van der Waals surface area contributed by atoms with Crippen LogP contribution in [0.4, 0.5) is 0 Å². The van der Waals surface area contributed by atoms with Crippen molar-refractivity contribution in [2.75, 3.05) is 5.33 Å². The maximum absolute atomic E-state index is 12.0. The van der Waals surface area contributed by atoms with Crippen LogP contribution in [0.2, 0.25) is 0 Å². The molecule has 0 fully saturated rings. The highest BCUT2D eigenvalue weighted by atomic mass is 79.9. The molecular weight excluding hydrogens is 286 g/mol. The van der Waals surface area contributed by atoms with E-state index in [1.165, 1.54) is 11.3 Å². The Bertz CT molecular complexity index is 351. The number of halogens is 1. The van der Waals surface area contributed by atoms with Gasteiger partial charge >= 0.3 is 0 Å². The van der Waals surface area contributed by atoms with Crippen molar-refractivity contribution in [3.05, 3.63) is 21.9 Å². The average molecular weight is 304 g/mol. The Morgan fingerprint density at radius 3 is 2.81 bits per heavy atom. The maximum atomic E-state index is 12.0. The number of hydrogen-bond donors (Lipinski definition) is 1. The van der Waals surface area contributed by atoms with Crippen molar-refractivity contribution in [2.24, 2.45) is 5.92 Å². The third kappa shape index (κ3) is 3.32. The summed E-state index contributed by atoms with van der Waals surface area (Å²) in [5, 5.41) is 5.93. The predicted octanol–water partition coefficient (Wildman–Crippen LogP) is 3.46. The van der Waals surface area contributed by atoms with E-state index in [0.717, 1.165) is 22.2 Å². The highest BCUT2D eigenvalue weighted by Gasteiger charge is 2.17. The minimum absolute atomic E-state index is 0.0622. The molecule has 16 heavy (non-hydrogen) atoms. The van der Waals surface area contributed by atoms with E-state index >= 15 is 0 Å². The van der Waals surface area contributed by atoms with Crippen LogP contribution in [0.15, 0.2) is 11.4 Å². The second-order valence-corrected chi connectivity index (χ2v) is 5.59. The van der Waals surface area contributed by atoms with Gasteiger partial charge in [-0.3, -0.25) is 4.79 Å². The number of nitrogens with one attached hydrogen (secondary N) is 1. The lowest BCUT2D eigenvalue weighted by Gasteiger charge is -2.19. The summed E-state index contributed by atoms with van der Waals surface area (Å²) >= 11 is 4.95. The summed E-state index contributed by atoms with van der Waals surface area (Å²) in [6.07, 6.45) is 0.911. The largest absolute Gasteiger partial charge is 0.349 e. The Morgan fingerprint density at radius 2 is 2.25 bits per heavy atom. The van der Waals surface area contributed by atoms with Gasteiger partial charge in [0.05, 0.1) is 4.88 Å². The number of aryl methyl sites for hydroxylation is 1. The van der Waals surface area contributed by atoms with Gasteiger partial charge in [-0.25, -0.2) is 0 Å². The third-order valence-electron chi connectivity index (χ3n) is 2.79. The Morgan fingerprint density at radius 1 is 1.56 bits per heavy atom. The normalized spacial score (nSPS) is 14.5. The molecule has 0 bridgehead atoms. The Balaban J connectivity index is 2.65. The van der Waals surface area contributed by atoms with Crippen molar-refractivity contribution < 1.29 is 4.79 Å². The van der Waals surface area contributed by atoms with Crippen molar-refractivity contribution in [1.29, 1.82) is 0 Å². The van der Waals surface area contributed by atoms with Gasteiger partial charge in [0.2, 0.25) is 0 Å². The molecule has 1 aromatic heterocycles. The van der Waals surface area contributed by atoms with Crippen LogP contribution in [-0.2, 0) is 6.42 Å². The van der Waals surface area contributed by atoms with Gasteiger partial charge < -0.3 is 5.32 Å². The lowest BCUT2D eigenvalue weighted by molar-refractivity contribution is 0.0934. The minimum Gasteiger partial charge on any atom is -0.349 e. The van der Waals surface area contributed by atoms with E-state index in [1.54, 1.807) is 0 Å². The number of amides is 1. The van der Waals surface area contributed by atoms with E-state index in [-0.39, 0.29) is 11.9 Å². The third-order valence-corrected chi connectivity index (χ3v) is 4.77. The van der Waals surface area contributed by atoms with Gasteiger partial charge in [0.25, 0.3) is 5.91 Å². The summed E-state index contributed by atoms with van der Waals surface area (Å²) in [6, 6.07) is 2.22. The van der Waals surface area contributed by atoms with E-state index in [0.29, 0.717) is 5.92 Å². The second kappa shape index (κ2) is 6.40. The molecule has 0 spiro atoms. The summed E-state index contributed by atoms with van der Waals surface area (Å²) < 4.78 is 0. The second-order valence-electron chi connectivity index (χ2n) is 4.02. The molecule has 0 saturated heterocycles. The molecule has 2 nitrogen and oxygen atoms in total. The first-order valence-corrected chi connectivity index (χ1v) is 7.53. The SMILES string of the molecule is CCc1ccsc1C(=O)NC(C)C(C)CBr. The van der Waals surface area contributed by atoms with E-state index < -0.39 is 0 Å². The van der Waals surface area contributed by atoms with Crippen molar-refractivity contribution in [3.8, 4) is 0 Å². The van der Waals surface area contributed by atoms with E-state index in [4.69, 9.17) is 0 Å². The van der Waals surface area contributed by atoms with Gasteiger partial charge in [-0.05, 0) is 36.3 Å². The molecule has 2 atom stereocenters. The van der Waals surface area contributed by atoms with Crippen LogP contribution in [0.25, 0.3) is 0 Å². The fraction of sp³-hybridized carbons (Fsp3) is 0.583. The van der Waals surface area contributed by atoms with Crippen molar-refractivity contribution in [1.82, 2.24) is 5.32 Å². The summed E-state index contributed by atoms with van der Waals surface area (Å²) in [7, 11) is 0. The van der Waals surface area contributed by atoms with Gasteiger partial charge in [0.15, 0.2) is 0 Å². The topological polar surface area (TPSA) is 29.1 Å². The fourth-order valence-corrected chi connectivity index (χ4v) is 2.82. The van der Waals surface area contributed by atoms with Gasteiger partial charge in [0.1, 0.15) is 0 Å². The van der Waals surface area contributed by atoms with Crippen molar-refractivity contribution in [2.45, 2.75) is 33.2 Å². The number of carbonyl (C=O) groups is 1. The standard InChI is InChI=1S/C12H18BrNOS/c1-4-10-5-6-16-11(10)12(15)14-9(3)8(2)7-13/h5-6,8-9H,4,7H2,1-3H3,(H,14,15). The van der Waals surface area contributed by atoms with E-state index in [2.05, 4.69) is 35.1 Å². The Kier molecular flexibility index (Phi) is 5.49. The smallest absolute Gasteiger partial charge is 0.261 e. The van der Waals surface area contributed by atoms with Gasteiger partial charge in [-0.2, -0.15) is 0 Å². The van der Waals surface area contributed by atoms with Crippen LogP contribution in [0.3, 0.4) is 0 Å². The molecule has 2 unspecified atom stereocenters. The molecule has 0 aliphatic rings. The summed E-state index contributed by atoms with van der Waals surface area (Å²) in [5.74, 6) is 0.501. The van der Waals surface area contributed by atoms with Gasteiger partial charge in [-0.1, -0.05) is 29.8 Å². The first-order chi connectivity index (χ1) is 7.60. The van der Waals surface area contributed by atoms with Crippen LogP contribution >= 0.6 is 27.3 Å². The Labute approximate surface area is 110 Å². The van der Waals surface area contributed by atoms with Crippen LogP contribution in [0.1, 0.15) is 36.0 Å². The molecule has 1 aromatic rings. The molecule has 0 aromatic carbocycles. The zero-order valence-corrected chi connectivity index (χ0v) is 12.3. The van der Waals surface area contributed by atoms with Crippen LogP contribution in [0.5, 0.6) is 0 Å². The maximum Gasteiger partial charge on any atom is 0.261 e. The molecule has 1 N–H and O–H groups in total. The molecule has 1 amide bonds. The van der Waals surface area contributed by atoms with Crippen LogP contribution in [0, 0.1) is 5.92 Å². The molecule has 0 aliphatic carbocycles. The molecular formula is C12H18BrNOS. The van der Waals surface area contributed by atoms with Crippen LogP contribution in [-0.4, -0.2) is 17.3 Å². The summed E-state index contributed by atoms with van der Waals surface area (Å²) in [6.45, 7) is 6.24. The molecule has 1 rings (SSSR count). The number of rotatable bonds is 5. The first kappa shape index (κ1) is 13.7. The first-order valence-electron chi connectivity index (χ1n) is 5.53. The molecule has 90 valence electrons. The Hall–Kier alpha value is -0.350. The monoisotopic (exact) mass is 303 g/mol. The van der Waals surface area contributed by atoms with Gasteiger partial charge in [-0.15, -0.1) is 11.3 Å². The molecule has 4 heteroatoms. The highest BCUT2D eigenvalue weighted by molar-refractivity contribution is 9.09. The number of hydrogen-bond acceptors (Lipinski definition) is 2. The predicted molar refractivity (Wildman–Crippen MR) is 73.6 cm³/mol. The quantitative estimate of drug-likeness (QED) is 0.829. The number of alkyl halides is 1. The molecule has 0 radical (unpaired) electrons. The highest BCUT2D eigenvalue weighted by Crippen LogP contribution is 2.18. The molecule has 0 saturated carbocycles. The van der Waals surface area contributed by atoms with Crippen LogP contribution < -0.4 is 5.32 Å². The zero-order chi connectivity index (χ0) is 12.1. The average Bonchev–Trinajstić information content (AvgIpc) is 2.75. The lowest BCUT2D eigenvalue weighted by atomic mass is 10.1.